The van der Waals surface area contributed by atoms with Crippen molar-refractivity contribution in [1.29, 1.82) is 0 Å². The van der Waals surface area contributed by atoms with Crippen LogP contribution in [0.15, 0.2) is 24.3 Å². The molecule has 0 fully saturated rings. The molecule has 2 atom stereocenters. The van der Waals surface area contributed by atoms with Gasteiger partial charge >= 0.3 is 5.97 Å². The number of fused-ring (bicyclic) bond motifs is 1. The van der Waals surface area contributed by atoms with E-state index in [1.807, 2.05) is 24.3 Å². The molecular weight excluding hydrogens is 210 g/mol. The van der Waals surface area contributed by atoms with E-state index in [9.17, 15) is 9.90 Å². The molecule has 0 saturated heterocycles. The Balaban J connectivity index is 2.10. The molecule has 86 valence electrons. The Morgan fingerprint density at radius 3 is 3.00 bits per heavy atom. The highest BCUT2D eigenvalue weighted by atomic mass is 16.5. The first-order valence-electron chi connectivity index (χ1n) is 5.03. The van der Waals surface area contributed by atoms with Crippen molar-refractivity contribution in [2.45, 2.75) is 18.8 Å². The third kappa shape index (κ3) is 2.15. The van der Waals surface area contributed by atoms with Crippen LogP contribution in [-0.2, 0) is 16.1 Å². The van der Waals surface area contributed by atoms with Gasteiger partial charge in [0, 0.05) is 17.8 Å². The fraction of sp³-hybridized carbons (Fsp3) is 0.364. The average molecular weight is 223 g/mol. The molecule has 5 nitrogen and oxygen atoms in total. The highest BCUT2D eigenvalue weighted by molar-refractivity contribution is 5.73. The number of aliphatic hydroxyl groups is 1. The topological polar surface area (TPSA) is 78.8 Å². The molecule has 0 amide bonds. The summed E-state index contributed by atoms with van der Waals surface area (Å²) in [6.45, 7) is 0.586. The van der Waals surface area contributed by atoms with Crippen molar-refractivity contribution in [2.75, 3.05) is 11.9 Å². The molecular formula is C11H13NO4. The summed E-state index contributed by atoms with van der Waals surface area (Å²) in [5.41, 5.74) is 1.88. The third-order valence-electron chi connectivity index (χ3n) is 2.57. The summed E-state index contributed by atoms with van der Waals surface area (Å²) in [6, 6.07) is 7.57. The van der Waals surface area contributed by atoms with E-state index < -0.39 is 18.2 Å². The van der Waals surface area contributed by atoms with Crippen LogP contribution >= 0.6 is 0 Å². The summed E-state index contributed by atoms with van der Waals surface area (Å²) in [4.78, 5) is 10.6. The van der Waals surface area contributed by atoms with Gasteiger partial charge in [-0.2, -0.15) is 0 Å². The van der Waals surface area contributed by atoms with Crippen molar-refractivity contribution in [1.82, 2.24) is 0 Å². The number of hydrogen-bond acceptors (Lipinski definition) is 4. The Bertz CT molecular complexity index is 366. The fourth-order valence-corrected chi connectivity index (χ4v) is 1.65. The zero-order valence-electron chi connectivity index (χ0n) is 8.59. The first kappa shape index (κ1) is 10.9. The van der Waals surface area contributed by atoms with Gasteiger partial charge in [-0.15, -0.1) is 0 Å². The van der Waals surface area contributed by atoms with Gasteiger partial charge in [0.2, 0.25) is 0 Å². The molecule has 2 rings (SSSR count). The van der Waals surface area contributed by atoms with E-state index in [1.54, 1.807) is 0 Å². The molecule has 1 aliphatic rings. The Labute approximate surface area is 92.7 Å². The Morgan fingerprint density at radius 2 is 2.25 bits per heavy atom. The van der Waals surface area contributed by atoms with Gasteiger partial charge in [0.15, 0.2) is 6.10 Å². The molecule has 0 saturated carbocycles. The number of ether oxygens (including phenoxy) is 1. The maximum Gasteiger partial charge on any atom is 0.335 e. The first-order valence-corrected chi connectivity index (χ1v) is 5.03. The highest BCUT2D eigenvalue weighted by Crippen LogP contribution is 2.20. The number of carbonyl (C=O) groups is 1. The summed E-state index contributed by atoms with van der Waals surface area (Å²) in [5.74, 6) is -1.27. The van der Waals surface area contributed by atoms with Crippen LogP contribution in [0.5, 0.6) is 0 Å². The van der Waals surface area contributed by atoms with Crippen LogP contribution in [0.2, 0.25) is 0 Å². The molecule has 0 bridgehead atoms. The van der Waals surface area contributed by atoms with Crippen molar-refractivity contribution in [3.63, 3.8) is 0 Å². The number of nitrogens with one attached hydrogen (secondary N) is 1. The molecule has 0 spiro atoms. The minimum atomic E-state index is -1.50. The summed E-state index contributed by atoms with van der Waals surface area (Å²) in [7, 11) is 0. The zero-order chi connectivity index (χ0) is 11.5. The van der Waals surface area contributed by atoms with Crippen LogP contribution in [0, 0.1) is 0 Å². The van der Waals surface area contributed by atoms with Crippen LogP contribution in [-0.4, -0.2) is 34.9 Å². The van der Waals surface area contributed by atoms with E-state index >= 15 is 0 Å². The van der Waals surface area contributed by atoms with Gasteiger partial charge in [0.05, 0.1) is 6.61 Å². The van der Waals surface area contributed by atoms with Gasteiger partial charge in [-0.1, -0.05) is 18.2 Å². The maximum absolute atomic E-state index is 10.6. The zero-order valence-corrected chi connectivity index (χ0v) is 8.59. The van der Waals surface area contributed by atoms with E-state index in [4.69, 9.17) is 9.84 Å². The van der Waals surface area contributed by atoms with Gasteiger partial charge in [-0.3, -0.25) is 0 Å². The number of rotatable bonds is 2. The number of aliphatic hydroxyl groups excluding tert-OH is 1. The van der Waals surface area contributed by atoms with Gasteiger partial charge in [0.1, 0.15) is 6.10 Å². The smallest absolute Gasteiger partial charge is 0.335 e. The van der Waals surface area contributed by atoms with E-state index in [0.29, 0.717) is 6.61 Å². The molecule has 1 heterocycles. The van der Waals surface area contributed by atoms with Crippen molar-refractivity contribution in [3.05, 3.63) is 29.8 Å². The number of hydrogen-bond donors (Lipinski definition) is 3. The third-order valence-corrected chi connectivity index (χ3v) is 2.57. The predicted molar refractivity (Wildman–Crippen MR) is 57.2 cm³/mol. The molecule has 1 aromatic carbocycles. The lowest BCUT2D eigenvalue weighted by atomic mass is 10.2. The second-order valence-corrected chi connectivity index (χ2v) is 3.67. The molecule has 2 unspecified atom stereocenters. The van der Waals surface area contributed by atoms with Crippen molar-refractivity contribution >= 4 is 11.7 Å². The minimum absolute atomic E-state index is 0.282. The fourth-order valence-electron chi connectivity index (χ4n) is 1.65. The SMILES string of the molecule is O=C(O)C(O)C1CNc2ccccc2CO1. The van der Waals surface area contributed by atoms with E-state index in [0.717, 1.165) is 11.3 Å². The van der Waals surface area contributed by atoms with E-state index in [1.165, 1.54) is 0 Å². The molecule has 1 aromatic rings. The second kappa shape index (κ2) is 4.51. The van der Waals surface area contributed by atoms with Gasteiger partial charge in [-0.25, -0.2) is 4.79 Å². The lowest BCUT2D eigenvalue weighted by molar-refractivity contribution is -0.155. The van der Waals surface area contributed by atoms with Crippen molar-refractivity contribution in [3.8, 4) is 0 Å². The van der Waals surface area contributed by atoms with Crippen molar-refractivity contribution < 1.29 is 19.7 Å². The van der Waals surface area contributed by atoms with E-state index in [-0.39, 0.29) is 6.54 Å². The quantitative estimate of drug-likeness (QED) is 0.678. The summed E-state index contributed by atoms with van der Waals surface area (Å²) in [5, 5.41) is 21.1. The number of carboxylic acids is 1. The van der Waals surface area contributed by atoms with Crippen LogP contribution in [0.1, 0.15) is 5.56 Å². The monoisotopic (exact) mass is 223 g/mol. The first-order chi connectivity index (χ1) is 7.68. The van der Waals surface area contributed by atoms with Gasteiger partial charge in [0.25, 0.3) is 0 Å². The van der Waals surface area contributed by atoms with Crippen molar-refractivity contribution in [2.24, 2.45) is 0 Å². The van der Waals surface area contributed by atoms with Crippen LogP contribution in [0.25, 0.3) is 0 Å². The minimum Gasteiger partial charge on any atom is -0.479 e. The van der Waals surface area contributed by atoms with Gasteiger partial charge < -0.3 is 20.3 Å². The normalized spacial score (nSPS) is 21.4. The van der Waals surface area contributed by atoms with E-state index in [2.05, 4.69) is 5.32 Å². The lowest BCUT2D eigenvalue weighted by Gasteiger charge is -2.17. The van der Waals surface area contributed by atoms with Crippen LogP contribution in [0.4, 0.5) is 5.69 Å². The van der Waals surface area contributed by atoms with Gasteiger partial charge in [-0.05, 0) is 6.07 Å². The number of carboxylic acid groups (broad SMARTS) is 1. The lowest BCUT2D eigenvalue weighted by Crippen LogP contribution is -2.39. The molecule has 0 radical (unpaired) electrons. The summed E-state index contributed by atoms with van der Waals surface area (Å²) in [6.07, 6.45) is -2.23. The number of anilines is 1. The average Bonchev–Trinajstić information content (AvgIpc) is 2.50. The number of para-hydroxylation sites is 1. The summed E-state index contributed by atoms with van der Waals surface area (Å²) >= 11 is 0. The van der Waals surface area contributed by atoms with Crippen LogP contribution < -0.4 is 5.32 Å². The number of aliphatic carboxylic acids is 1. The summed E-state index contributed by atoms with van der Waals surface area (Å²) < 4.78 is 5.36. The molecule has 0 aliphatic carbocycles. The molecule has 16 heavy (non-hydrogen) atoms. The second-order valence-electron chi connectivity index (χ2n) is 3.67. The standard InChI is InChI=1S/C11H13NO4/c13-10(11(14)15)9-5-12-8-4-2-1-3-7(8)6-16-9/h1-4,9-10,12-13H,5-6H2,(H,14,15). The Kier molecular flexibility index (Phi) is 3.07. The molecule has 0 aromatic heterocycles. The maximum atomic E-state index is 10.6. The number of benzene rings is 1. The van der Waals surface area contributed by atoms with Crippen LogP contribution in [0.3, 0.4) is 0 Å². The Morgan fingerprint density at radius 1 is 1.50 bits per heavy atom. The molecule has 1 aliphatic heterocycles. The predicted octanol–water partition coefficient (Wildman–Crippen LogP) is 0.443. The molecule has 3 N–H and O–H groups in total. The highest BCUT2D eigenvalue weighted by Gasteiger charge is 2.28. The Hall–Kier alpha value is -1.59. The largest absolute Gasteiger partial charge is 0.479 e. The molecule has 5 heteroatoms.